The molecular weight excluding hydrogens is 342 g/mol. The lowest BCUT2D eigenvalue weighted by molar-refractivity contribution is -0.122. The highest BCUT2D eigenvalue weighted by molar-refractivity contribution is 6.04. The average molecular weight is 359 g/mol. The first-order valence-electron chi connectivity index (χ1n) is 8.56. The van der Waals surface area contributed by atoms with Gasteiger partial charge in [0, 0.05) is 30.2 Å². The van der Waals surface area contributed by atoms with Crippen LogP contribution < -0.4 is 15.4 Å². The molecule has 2 N–H and O–H groups in total. The van der Waals surface area contributed by atoms with Gasteiger partial charge in [-0.25, -0.2) is 0 Å². The summed E-state index contributed by atoms with van der Waals surface area (Å²) in [4.78, 5) is 28.7. The highest BCUT2D eigenvalue weighted by atomic mass is 16.5. The van der Waals surface area contributed by atoms with Gasteiger partial charge in [0.2, 0.25) is 0 Å². The molecule has 0 aliphatic carbocycles. The van der Waals surface area contributed by atoms with Crippen molar-refractivity contribution in [3.63, 3.8) is 0 Å². The minimum Gasteiger partial charge on any atom is -0.480 e. The Morgan fingerprint density at radius 1 is 0.963 bits per heavy atom. The van der Waals surface area contributed by atoms with Crippen molar-refractivity contribution in [1.29, 1.82) is 0 Å². The molecule has 134 valence electrons. The number of aromatic nitrogens is 1. The molecule has 6 nitrogen and oxygen atoms in total. The molecule has 2 amide bonds. The van der Waals surface area contributed by atoms with Crippen LogP contribution in [0.4, 0.5) is 11.4 Å². The summed E-state index contributed by atoms with van der Waals surface area (Å²) in [5.74, 6) is 0.262. The molecule has 1 atom stereocenters. The van der Waals surface area contributed by atoms with E-state index in [-0.39, 0.29) is 11.8 Å². The summed E-state index contributed by atoms with van der Waals surface area (Å²) in [7, 11) is 0. The third-order valence-corrected chi connectivity index (χ3v) is 4.25. The largest absolute Gasteiger partial charge is 0.480 e. The fourth-order valence-electron chi connectivity index (χ4n) is 2.93. The molecule has 0 saturated carbocycles. The van der Waals surface area contributed by atoms with E-state index in [1.165, 1.54) is 6.20 Å². The molecule has 6 heteroatoms. The zero-order valence-electron chi connectivity index (χ0n) is 14.4. The minimum atomic E-state index is -0.559. The van der Waals surface area contributed by atoms with E-state index in [2.05, 4.69) is 15.6 Å². The molecule has 0 bridgehead atoms. The summed E-state index contributed by atoms with van der Waals surface area (Å²) in [5.41, 5.74) is 2.65. The highest BCUT2D eigenvalue weighted by Gasteiger charge is 2.28. The molecule has 2 aromatic carbocycles. The standard InChI is InChI=1S/C21H17N3O3/c25-20(15-6-4-10-22-13-15)23-16-7-3-8-17(12-16)24-21(26)19-11-14-5-1-2-9-18(14)27-19/h1-10,12-13,19H,11H2,(H,23,25)(H,24,26)/t19-/m1/s1. The van der Waals surface area contributed by atoms with Crippen LogP contribution in [0.5, 0.6) is 5.75 Å². The van der Waals surface area contributed by atoms with Gasteiger partial charge in [-0.3, -0.25) is 14.6 Å². The molecule has 0 spiro atoms. The second-order valence-corrected chi connectivity index (χ2v) is 6.18. The molecule has 0 fully saturated rings. The highest BCUT2D eigenvalue weighted by Crippen LogP contribution is 2.28. The number of nitrogens with one attached hydrogen (secondary N) is 2. The van der Waals surface area contributed by atoms with Crippen molar-refractivity contribution in [3.05, 3.63) is 84.2 Å². The molecule has 1 aliphatic rings. The van der Waals surface area contributed by atoms with Crippen molar-refractivity contribution in [3.8, 4) is 5.75 Å². The lowest BCUT2D eigenvalue weighted by Gasteiger charge is -2.12. The molecule has 1 aromatic heterocycles. The molecule has 0 radical (unpaired) electrons. The van der Waals surface area contributed by atoms with E-state index >= 15 is 0 Å². The van der Waals surface area contributed by atoms with E-state index < -0.39 is 6.10 Å². The first-order valence-corrected chi connectivity index (χ1v) is 8.56. The molecule has 1 aliphatic heterocycles. The number of anilines is 2. The third-order valence-electron chi connectivity index (χ3n) is 4.25. The molecule has 3 aromatic rings. The predicted octanol–water partition coefficient (Wildman–Crippen LogP) is 3.28. The zero-order valence-corrected chi connectivity index (χ0v) is 14.4. The number of rotatable bonds is 4. The first kappa shape index (κ1) is 16.8. The fourth-order valence-corrected chi connectivity index (χ4v) is 2.93. The molecular formula is C21H17N3O3. The molecule has 4 rings (SSSR count). The molecule has 0 saturated heterocycles. The first-order chi connectivity index (χ1) is 13.2. The molecule has 27 heavy (non-hydrogen) atoms. The van der Waals surface area contributed by atoms with Crippen molar-refractivity contribution in [2.75, 3.05) is 10.6 Å². The Kier molecular flexibility index (Phi) is 4.53. The minimum absolute atomic E-state index is 0.220. The normalized spacial score (nSPS) is 14.7. The summed E-state index contributed by atoms with van der Waals surface area (Å²) >= 11 is 0. The number of pyridine rings is 1. The summed E-state index contributed by atoms with van der Waals surface area (Å²) < 4.78 is 5.70. The van der Waals surface area contributed by atoms with Crippen LogP contribution in [0, 0.1) is 0 Å². The van der Waals surface area contributed by atoms with Gasteiger partial charge in [0.15, 0.2) is 6.10 Å². The number of ether oxygens (including phenoxy) is 1. The van der Waals surface area contributed by atoms with E-state index in [0.717, 1.165) is 11.3 Å². The van der Waals surface area contributed by atoms with Crippen molar-refractivity contribution in [2.24, 2.45) is 0 Å². The van der Waals surface area contributed by atoms with Gasteiger partial charge >= 0.3 is 0 Å². The van der Waals surface area contributed by atoms with Gasteiger partial charge in [-0.2, -0.15) is 0 Å². The van der Waals surface area contributed by atoms with E-state index in [1.54, 1.807) is 42.6 Å². The molecule has 2 heterocycles. The van der Waals surface area contributed by atoms with Crippen LogP contribution in [0.1, 0.15) is 15.9 Å². The number of para-hydroxylation sites is 1. The van der Waals surface area contributed by atoms with Crippen LogP contribution in [0.2, 0.25) is 0 Å². The summed E-state index contributed by atoms with van der Waals surface area (Å²) in [5, 5.41) is 5.64. The van der Waals surface area contributed by atoms with Gasteiger partial charge in [0.05, 0.1) is 5.56 Å². The fraction of sp³-hybridized carbons (Fsp3) is 0.0952. The van der Waals surface area contributed by atoms with Crippen LogP contribution in [-0.4, -0.2) is 22.9 Å². The van der Waals surface area contributed by atoms with Gasteiger partial charge in [0.25, 0.3) is 11.8 Å². The Labute approximate surface area is 156 Å². The summed E-state index contributed by atoms with van der Waals surface area (Å²) in [6, 6.07) is 18.0. The Bertz CT molecular complexity index is 964. The van der Waals surface area contributed by atoms with Crippen molar-refractivity contribution in [1.82, 2.24) is 4.98 Å². The third kappa shape index (κ3) is 3.79. The Morgan fingerprint density at radius 3 is 2.56 bits per heavy atom. The van der Waals surface area contributed by atoms with Gasteiger partial charge < -0.3 is 15.4 Å². The second-order valence-electron chi connectivity index (χ2n) is 6.18. The lowest BCUT2D eigenvalue weighted by atomic mass is 10.1. The van der Waals surface area contributed by atoms with Gasteiger partial charge in [-0.05, 0) is 42.0 Å². The average Bonchev–Trinajstić information content (AvgIpc) is 3.13. The second kappa shape index (κ2) is 7.29. The molecule has 0 unspecified atom stereocenters. The smallest absolute Gasteiger partial charge is 0.265 e. The van der Waals surface area contributed by atoms with E-state index in [9.17, 15) is 9.59 Å². The number of amides is 2. The van der Waals surface area contributed by atoms with Gasteiger partial charge in [0.1, 0.15) is 5.75 Å². The van der Waals surface area contributed by atoms with Crippen molar-refractivity contribution >= 4 is 23.2 Å². The number of carbonyl (C=O) groups excluding carboxylic acids is 2. The van der Waals surface area contributed by atoms with Crippen LogP contribution >= 0.6 is 0 Å². The Morgan fingerprint density at radius 2 is 1.78 bits per heavy atom. The lowest BCUT2D eigenvalue weighted by Crippen LogP contribution is -2.31. The van der Waals surface area contributed by atoms with Crippen LogP contribution in [0.3, 0.4) is 0 Å². The van der Waals surface area contributed by atoms with E-state index in [4.69, 9.17) is 4.74 Å². The van der Waals surface area contributed by atoms with Crippen LogP contribution in [0.25, 0.3) is 0 Å². The summed E-state index contributed by atoms with van der Waals surface area (Å²) in [6.45, 7) is 0. The number of fused-ring (bicyclic) bond motifs is 1. The maximum Gasteiger partial charge on any atom is 0.265 e. The number of hydrogen-bond donors (Lipinski definition) is 2. The predicted molar refractivity (Wildman–Crippen MR) is 102 cm³/mol. The maximum absolute atomic E-state index is 12.5. The summed E-state index contributed by atoms with van der Waals surface area (Å²) in [6.07, 6.45) is 3.09. The topological polar surface area (TPSA) is 80.3 Å². The monoisotopic (exact) mass is 359 g/mol. The van der Waals surface area contributed by atoms with Crippen molar-refractivity contribution in [2.45, 2.75) is 12.5 Å². The van der Waals surface area contributed by atoms with Crippen LogP contribution in [0.15, 0.2) is 73.1 Å². The number of nitrogens with zero attached hydrogens (tertiary/aromatic N) is 1. The zero-order chi connectivity index (χ0) is 18.6. The van der Waals surface area contributed by atoms with Crippen LogP contribution in [-0.2, 0) is 11.2 Å². The quantitative estimate of drug-likeness (QED) is 0.749. The Balaban J connectivity index is 1.41. The number of benzene rings is 2. The maximum atomic E-state index is 12.5. The number of carbonyl (C=O) groups is 2. The van der Waals surface area contributed by atoms with E-state index in [0.29, 0.717) is 23.4 Å². The number of hydrogen-bond acceptors (Lipinski definition) is 4. The van der Waals surface area contributed by atoms with Gasteiger partial charge in [-0.15, -0.1) is 0 Å². The van der Waals surface area contributed by atoms with Crippen molar-refractivity contribution < 1.29 is 14.3 Å². The Hall–Kier alpha value is -3.67. The van der Waals surface area contributed by atoms with E-state index in [1.807, 2.05) is 24.3 Å². The van der Waals surface area contributed by atoms with Gasteiger partial charge in [-0.1, -0.05) is 24.3 Å². The SMILES string of the molecule is O=C(Nc1cccc(NC(=O)[C@H]2Cc3ccccc3O2)c1)c1cccnc1.